The molecule has 4 heteroatoms. The first-order valence-corrected chi connectivity index (χ1v) is 4.00. The van der Waals surface area contributed by atoms with Gasteiger partial charge in [-0.3, -0.25) is 0 Å². The van der Waals surface area contributed by atoms with E-state index in [2.05, 4.69) is 22.7 Å². The van der Waals surface area contributed by atoms with Crippen molar-refractivity contribution in [2.75, 3.05) is 6.61 Å². The number of carbonyl (C=O) groups excluding carboxylic acids is 1. The highest BCUT2D eigenvalue weighted by molar-refractivity contribution is 7.84. The zero-order valence-electron chi connectivity index (χ0n) is 6.33. The first kappa shape index (κ1) is 8.46. The van der Waals surface area contributed by atoms with E-state index in [1.54, 1.807) is 0 Å². The number of hydrogen-bond donors (Lipinski definition) is 2. The average molecular weight is 173 g/mol. The van der Waals surface area contributed by atoms with E-state index in [0.29, 0.717) is 6.61 Å². The Kier molecular flexibility index (Phi) is 2.82. The molecule has 0 aromatic heterocycles. The van der Waals surface area contributed by atoms with Crippen molar-refractivity contribution in [2.24, 2.45) is 0 Å². The van der Waals surface area contributed by atoms with Crippen molar-refractivity contribution in [1.29, 1.82) is 0 Å². The van der Waals surface area contributed by atoms with Crippen molar-refractivity contribution in [3.63, 3.8) is 0 Å². The number of ether oxygens (including phenoxy) is 1. The van der Waals surface area contributed by atoms with Crippen LogP contribution >= 0.6 is 12.6 Å². The van der Waals surface area contributed by atoms with Gasteiger partial charge >= 0.3 is 6.09 Å². The minimum atomic E-state index is -0.344. The van der Waals surface area contributed by atoms with E-state index in [1.165, 1.54) is 0 Å². The molecule has 0 bridgehead atoms. The molecule has 0 radical (unpaired) electrons. The summed E-state index contributed by atoms with van der Waals surface area (Å²) in [6.45, 7) is 2.43. The summed E-state index contributed by atoms with van der Waals surface area (Å²) in [6, 6.07) is 0.00921. The molecule has 1 saturated heterocycles. The molecule has 1 atom stereocenters. The molecule has 1 unspecified atom stereocenters. The fourth-order valence-corrected chi connectivity index (χ4v) is 1.02. The van der Waals surface area contributed by atoms with Gasteiger partial charge in [0.05, 0.1) is 6.04 Å². The molecule has 0 saturated carbocycles. The third-order valence-corrected chi connectivity index (χ3v) is 1.92. The Labute approximate surface area is 71.2 Å². The third kappa shape index (κ3) is 2.46. The number of rotatable bonds is 2. The maximum Gasteiger partial charge on any atom is 0.407 e. The largest absolute Gasteiger partial charge is 0.447 e. The SMILES string of the molecule is CC/C(S)=C/C1COC(=O)N1. The summed E-state index contributed by atoms with van der Waals surface area (Å²) in [6.07, 6.45) is 2.44. The van der Waals surface area contributed by atoms with Gasteiger partial charge in [-0.15, -0.1) is 12.6 Å². The van der Waals surface area contributed by atoms with Gasteiger partial charge in [0, 0.05) is 0 Å². The van der Waals surface area contributed by atoms with Crippen molar-refractivity contribution in [1.82, 2.24) is 5.32 Å². The number of nitrogens with one attached hydrogen (secondary N) is 1. The molecule has 1 rings (SSSR count). The third-order valence-electron chi connectivity index (χ3n) is 1.45. The predicted octanol–water partition coefficient (Wildman–Crippen LogP) is 1.32. The first-order chi connectivity index (χ1) is 5.22. The lowest BCUT2D eigenvalue weighted by molar-refractivity contribution is 0.177. The molecule has 1 N–H and O–H groups in total. The zero-order valence-corrected chi connectivity index (χ0v) is 7.23. The van der Waals surface area contributed by atoms with Gasteiger partial charge in [-0.05, 0) is 17.4 Å². The topological polar surface area (TPSA) is 38.3 Å². The number of carbonyl (C=O) groups is 1. The monoisotopic (exact) mass is 173 g/mol. The van der Waals surface area contributed by atoms with E-state index in [1.807, 2.05) is 13.0 Å². The van der Waals surface area contributed by atoms with Crippen LogP contribution in [0.1, 0.15) is 13.3 Å². The van der Waals surface area contributed by atoms with Crippen molar-refractivity contribution in [3.05, 3.63) is 11.0 Å². The van der Waals surface area contributed by atoms with E-state index in [0.717, 1.165) is 11.3 Å². The number of hydrogen-bond acceptors (Lipinski definition) is 3. The van der Waals surface area contributed by atoms with Crippen LogP contribution in [0.5, 0.6) is 0 Å². The fraction of sp³-hybridized carbons (Fsp3) is 0.571. The molecule has 1 aliphatic rings. The van der Waals surface area contributed by atoms with Gasteiger partial charge in [0.2, 0.25) is 0 Å². The van der Waals surface area contributed by atoms with E-state index in [-0.39, 0.29) is 12.1 Å². The van der Waals surface area contributed by atoms with Crippen LogP contribution in [0.25, 0.3) is 0 Å². The van der Waals surface area contributed by atoms with Crippen molar-refractivity contribution in [2.45, 2.75) is 19.4 Å². The van der Waals surface area contributed by atoms with Crippen LogP contribution in [0.2, 0.25) is 0 Å². The molecule has 0 spiro atoms. The number of thiol groups is 1. The van der Waals surface area contributed by atoms with Gasteiger partial charge in [-0.1, -0.05) is 6.92 Å². The van der Waals surface area contributed by atoms with E-state index in [9.17, 15) is 4.79 Å². The molecule has 0 aromatic carbocycles. The number of alkyl carbamates (subject to hydrolysis) is 1. The summed E-state index contributed by atoms with van der Waals surface area (Å²) < 4.78 is 4.68. The van der Waals surface area contributed by atoms with Gasteiger partial charge in [0.1, 0.15) is 6.61 Å². The Morgan fingerprint density at radius 3 is 3.18 bits per heavy atom. The molecule has 11 heavy (non-hydrogen) atoms. The standard InChI is InChI=1S/C7H11NO2S/c1-2-6(11)3-5-4-10-7(9)8-5/h3,5,11H,2,4H2,1H3,(H,8,9)/b6-3-. The Bertz CT molecular complexity index is 191. The molecule has 0 aromatic rings. The lowest BCUT2D eigenvalue weighted by atomic mass is 10.3. The molecular formula is C7H11NO2S. The maximum absolute atomic E-state index is 10.5. The lowest BCUT2D eigenvalue weighted by Crippen LogP contribution is -2.23. The van der Waals surface area contributed by atoms with Crippen LogP contribution in [0.4, 0.5) is 4.79 Å². The second-order valence-electron chi connectivity index (χ2n) is 2.36. The van der Waals surface area contributed by atoms with Crippen molar-refractivity contribution < 1.29 is 9.53 Å². The summed E-state index contributed by atoms with van der Waals surface area (Å²) in [5.74, 6) is 0. The van der Waals surface area contributed by atoms with Gasteiger partial charge in [-0.25, -0.2) is 4.79 Å². The van der Waals surface area contributed by atoms with Crippen LogP contribution in [0, 0.1) is 0 Å². The number of allylic oxidation sites excluding steroid dienone is 1. The molecule has 1 fully saturated rings. The van der Waals surface area contributed by atoms with Gasteiger partial charge in [0.15, 0.2) is 0 Å². The Morgan fingerprint density at radius 2 is 2.73 bits per heavy atom. The normalized spacial score (nSPS) is 24.7. The van der Waals surface area contributed by atoms with Gasteiger partial charge in [0.25, 0.3) is 0 Å². The summed E-state index contributed by atoms with van der Waals surface area (Å²) in [5.41, 5.74) is 0. The highest BCUT2D eigenvalue weighted by Crippen LogP contribution is 2.09. The zero-order chi connectivity index (χ0) is 8.27. The maximum atomic E-state index is 10.5. The molecule has 1 heterocycles. The predicted molar refractivity (Wildman–Crippen MR) is 45.6 cm³/mol. The van der Waals surface area contributed by atoms with Gasteiger partial charge < -0.3 is 10.1 Å². The quantitative estimate of drug-likeness (QED) is 0.618. The highest BCUT2D eigenvalue weighted by Gasteiger charge is 2.19. The molecule has 0 aliphatic carbocycles. The second kappa shape index (κ2) is 3.67. The Morgan fingerprint density at radius 1 is 2.00 bits per heavy atom. The molecule has 62 valence electrons. The Balaban J connectivity index is 2.44. The van der Waals surface area contributed by atoms with Crippen molar-refractivity contribution in [3.8, 4) is 0 Å². The Hall–Kier alpha value is -0.640. The van der Waals surface area contributed by atoms with Crippen molar-refractivity contribution >= 4 is 18.7 Å². The smallest absolute Gasteiger partial charge is 0.407 e. The second-order valence-corrected chi connectivity index (χ2v) is 2.94. The van der Waals surface area contributed by atoms with Gasteiger partial charge in [-0.2, -0.15) is 0 Å². The summed E-state index contributed by atoms with van der Waals surface area (Å²) in [4.78, 5) is 11.5. The molecule has 3 nitrogen and oxygen atoms in total. The summed E-state index contributed by atoms with van der Waals surface area (Å²) in [7, 11) is 0. The molecule has 1 aliphatic heterocycles. The van der Waals surface area contributed by atoms with Crippen LogP contribution < -0.4 is 5.32 Å². The first-order valence-electron chi connectivity index (χ1n) is 3.55. The minimum Gasteiger partial charge on any atom is -0.447 e. The van der Waals surface area contributed by atoms with Crippen LogP contribution in [0.3, 0.4) is 0 Å². The molecule has 1 amide bonds. The van der Waals surface area contributed by atoms with Crippen LogP contribution in [-0.4, -0.2) is 18.7 Å². The van der Waals surface area contributed by atoms with E-state index in [4.69, 9.17) is 0 Å². The van der Waals surface area contributed by atoms with Crippen LogP contribution in [0.15, 0.2) is 11.0 Å². The number of cyclic esters (lactones) is 1. The number of amides is 1. The van der Waals surface area contributed by atoms with Crippen LogP contribution in [-0.2, 0) is 4.74 Å². The van der Waals surface area contributed by atoms with E-state index < -0.39 is 0 Å². The highest BCUT2D eigenvalue weighted by atomic mass is 32.1. The molecular weight excluding hydrogens is 162 g/mol. The average Bonchev–Trinajstić information content (AvgIpc) is 2.35. The summed E-state index contributed by atoms with van der Waals surface area (Å²) >= 11 is 4.19. The van der Waals surface area contributed by atoms with E-state index >= 15 is 0 Å². The fourth-order valence-electron chi connectivity index (χ4n) is 0.840. The lowest BCUT2D eigenvalue weighted by Gasteiger charge is -2.00. The minimum absolute atomic E-state index is 0.00921. The summed E-state index contributed by atoms with van der Waals surface area (Å²) in [5, 5.41) is 2.63.